The number of hydrogen-bond acceptors (Lipinski definition) is 5. The number of benzene rings is 5. The van der Waals surface area contributed by atoms with Crippen LogP contribution in [0.5, 0.6) is 0 Å². The van der Waals surface area contributed by atoms with Crippen molar-refractivity contribution in [2.45, 2.75) is 4.90 Å². The summed E-state index contributed by atoms with van der Waals surface area (Å²) in [5.74, 6) is -1.82. The number of carbonyl (C=O) groups excluding carboxylic acids is 4. The highest BCUT2D eigenvalue weighted by molar-refractivity contribution is 8.00. The third-order valence-corrected chi connectivity index (χ3v) is 7.57. The van der Waals surface area contributed by atoms with E-state index in [4.69, 9.17) is 5.73 Å². The van der Waals surface area contributed by atoms with E-state index in [0.717, 1.165) is 21.2 Å². The lowest BCUT2D eigenvalue weighted by molar-refractivity contribution is -0.114. The van der Waals surface area contributed by atoms with Crippen molar-refractivity contribution in [2.24, 2.45) is 5.73 Å². The summed E-state index contributed by atoms with van der Waals surface area (Å²) >= 11 is 1.26. The zero-order valence-electron chi connectivity index (χ0n) is 23.5. The zero-order valence-corrected chi connectivity index (χ0v) is 24.3. The van der Waals surface area contributed by atoms with Crippen LogP contribution >= 0.6 is 11.8 Å². The number of rotatable bonds is 10. The lowest BCUT2D eigenvalue weighted by Crippen LogP contribution is -2.30. The molecule has 0 heterocycles. The number of nitrogens with two attached hydrogens (primary N) is 1. The molecule has 0 atom stereocenters. The van der Waals surface area contributed by atoms with Gasteiger partial charge in [-0.15, -0.1) is 11.8 Å². The SMILES string of the molecule is NC(=O)c1ccccc1NC(=O)CSc1cccc(NC(=O)/C(=C\c2cccc3ccccc23)NC(=O)c2ccccc2)c1. The van der Waals surface area contributed by atoms with Gasteiger partial charge in [-0.1, -0.05) is 78.9 Å². The van der Waals surface area contributed by atoms with Crippen molar-refractivity contribution in [2.75, 3.05) is 16.4 Å². The fraction of sp³-hybridized carbons (Fsp3) is 0.0286. The van der Waals surface area contributed by atoms with Crippen molar-refractivity contribution in [3.63, 3.8) is 0 Å². The lowest BCUT2D eigenvalue weighted by atomic mass is 10.0. The molecule has 0 radical (unpaired) electrons. The van der Waals surface area contributed by atoms with Crippen molar-refractivity contribution < 1.29 is 19.2 Å². The number of nitrogens with one attached hydrogen (secondary N) is 3. The van der Waals surface area contributed by atoms with Crippen LogP contribution < -0.4 is 21.7 Å². The number of carbonyl (C=O) groups is 4. The van der Waals surface area contributed by atoms with Gasteiger partial charge in [0.05, 0.1) is 17.0 Å². The molecular formula is C35H28N4O4S. The largest absolute Gasteiger partial charge is 0.366 e. The van der Waals surface area contributed by atoms with E-state index < -0.39 is 17.7 Å². The topological polar surface area (TPSA) is 130 Å². The molecule has 0 aliphatic carbocycles. The van der Waals surface area contributed by atoms with Gasteiger partial charge in [0.15, 0.2) is 0 Å². The number of primary amides is 1. The number of amides is 4. The molecule has 0 saturated carbocycles. The van der Waals surface area contributed by atoms with E-state index in [2.05, 4.69) is 16.0 Å². The van der Waals surface area contributed by atoms with Gasteiger partial charge in [-0.05, 0) is 64.9 Å². The Labute approximate surface area is 258 Å². The molecule has 5 rings (SSSR count). The Morgan fingerprint density at radius 2 is 1.43 bits per heavy atom. The van der Waals surface area contributed by atoms with Gasteiger partial charge >= 0.3 is 0 Å². The summed E-state index contributed by atoms with van der Waals surface area (Å²) in [6.07, 6.45) is 1.66. The first-order chi connectivity index (χ1) is 21.4. The third-order valence-electron chi connectivity index (χ3n) is 6.58. The van der Waals surface area contributed by atoms with E-state index in [-0.39, 0.29) is 22.9 Å². The first kappa shape index (κ1) is 29.8. The molecule has 0 aromatic heterocycles. The summed E-state index contributed by atoms with van der Waals surface area (Å²) in [6.45, 7) is 0. The maximum atomic E-state index is 13.6. The molecule has 8 nitrogen and oxygen atoms in total. The smallest absolute Gasteiger partial charge is 0.272 e. The van der Waals surface area contributed by atoms with Crippen LogP contribution in [0.4, 0.5) is 11.4 Å². The molecule has 0 spiro atoms. The average molecular weight is 601 g/mol. The molecule has 0 aliphatic heterocycles. The Bertz CT molecular complexity index is 1880. The second kappa shape index (κ2) is 14.0. The summed E-state index contributed by atoms with van der Waals surface area (Å²) in [4.78, 5) is 51.6. The molecule has 0 aliphatic rings. The van der Waals surface area contributed by atoms with Crippen molar-refractivity contribution in [3.05, 3.63) is 144 Å². The van der Waals surface area contributed by atoms with Gasteiger partial charge in [0.25, 0.3) is 17.7 Å². The highest BCUT2D eigenvalue weighted by atomic mass is 32.2. The first-order valence-electron chi connectivity index (χ1n) is 13.7. The first-order valence-corrected chi connectivity index (χ1v) is 14.6. The Morgan fingerprint density at radius 1 is 0.727 bits per heavy atom. The molecule has 44 heavy (non-hydrogen) atoms. The van der Waals surface area contributed by atoms with E-state index in [1.54, 1.807) is 72.8 Å². The summed E-state index contributed by atoms with van der Waals surface area (Å²) in [6, 6.07) is 35.8. The van der Waals surface area contributed by atoms with Gasteiger partial charge in [-0.25, -0.2) is 0 Å². The van der Waals surface area contributed by atoms with Crippen LogP contribution in [-0.2, 0) is 9.59 Å². The van der Waals surface area contributed by atoms with Crippen LogP contribution in [-0.4, -0.2) is 29.4 Å². The number of para-hydroxylation sites is 1. The Kier molecular flexibility index (Phi) is 9.48. The summed E-state index contributed by atoms with van der Waals surface area (Å²) in [5.41, 5.74) is 7.71. The van der Waals surface area contributed by atoms with Crippen LogP contribution in [0.25, 0.3) is 16.8 Å². The minimum absolute atomic E-state index is 0.0594. The summed E-state index contributed by atoms with van der Waals surface area (Å²) < 4.78 is 0. The van der Waals surface area contributed by atoms with Crippen molar-refractivity contribution in [1.82, 2.24) is 5.32 Å². The minimum Gasteiger partial charge on any atom is -0.366 e. The van der Waals surface area contributed by atoms with E-state index in [1.165, 1.54) is 11.8 Å². The fourth-order valence-electron chi connectivity index (χ4n) is 4.48. The molecule has 0 unspecified atom stereocenters. The van der Waals surface area contributed by atoms with Gasteiger partial charge in [-0.2, -0.15) is 0 Å². The van der Waals surface area contributed by atoms with Gasteiger partial charge in [0.1, 0.15) is 5.70 Å². The summed E-state index contributed by atoms with van der Waals surface area (Å²) in [5, 5.41) is 10.3. The number of thioether (sulfide) groups is 1. The van der Waals surface area contributed by atoms with Gasteiger partial charge < -0.3 is 21.7 Å². The van der Waals surface area contributed by atoms with Crippen LogP contribution in [0.3, 0.4) is 0 Å². The Hall–Kier alpha value is -5.67. The van der Waals surface area contributed by atoms with Crippen molar-refractivity contribution in [1.29, 1.82) is 0 Å². The molecule has 0 saturated heterocycles. The third kappa shape index (κ3) is 7.58. The standard InChI is InChI=1S/C35H28N4O4S/c36-33(41)29-18-6-7-19-30(29)38-32(40)22-44-27-16-9-15-26(21-27)37-35(43)31(39-34(42)24-11-2-1-3-12-24)20-25-14-8-13-23-10-4-5-17-28(23)25/h1-21H,22H2,(H2,36,41)(H,37,43)(H,38,40)(H,39,42)/b31-20+. The monoisotopic (exact) mass is 600 g/mol. The minimum atomic E-state index is -0.633. The van der Waals surface area contributed by atoms with Crippen molar-refractivity contribution in [3.8, 4) is 0 Å². The van der Waals surface area contributed by atoms with E-state index in [0.29, 0.717) is 16.9 Å². The molecular weight excluding hydrogens is 572 g/mol. The molecule has 5 aromatic rings. The Morgan fingerprint density at radius 3 is 2.25 bits per heavy atom. The van der Waals surface area contributed by atoms with Crippen LogP contribution in [0.2, 0.25) is 0 Å². The molecule has 218 valence electrons. The number of fused-ring (bicyclic) bond motifs is 1. The predicted octanol–water partition coefficient (Wildman–Crippen LogP) is 6.08. The van der Waals surface area contributed by atoms with E-state index in [1.807, 2.05) is 54.6 Å². The highest BCUT2D eigenvalue weighted by Gasteiger charge is 2.16. The van der Waals surface area contributed by atoms with E-state index in [9.17, 15) is 19.2 Å². The van der Waals surface area contributed by atoms with Crippen LogP contribution in [0, 0.1) is 0 Å². The lowest BCUT2D eigenvalue weighted by Gasteiger charge is -2.13. The molecule has 5 aromatic carbocycles. The quantitative estimate of drug-likeness (QED) is 0.114. The normalized spacial score (nSPS) is 11.0. The van der Waals surface area contributed by atoms with Crippen LogP contribution in [0.1, 0.15) is 26.3 Å². The zero-order chi connectivity index (χ0) is 30.9. The molecule has 5 N–H and O–H groups in total. The van der Waals surface area contributed by atoms with Crippen LogP contribution in [0.15, 0.2) is 132 Å². The van der Waals surface area contributed by atoms with E-state index >= 15 is 0 Å². The Balaban J connectivity index is 1.33. The van der Waals surface area contributed by atoms with Gasteiger partial charge in [0, 0.05) is 16.1 Å². The maximum Gasteiger partial charge on any atom is 0.272 e. The highest BCUT2D eigenvalue weighted by Crippen LogP contribution is 2.24. The van der Waals surface area contributed by atoms with Gasteiger partial charge in [-0.3, -0.25) is 19.2 Å². The molecule has 0 bridgehead atoms. The second-order valence-corrected chi connectivity index (χ2v) is 10.7. The summed E-state index contributed by atoms with van der Waals surface area (Å²) in [7, 11) is 0. The molecule has 9 heteroatoms. The van der Waals surface area contributed by atoms with Crippen molar-refractivity contribution >= 4 is 63.6 Å². The maximum absolute atomic E-state index is 13.6. The van der Waals surface area contributed by atoms with Gasteiger partial charge in [0.2, 0.25) is 5.91 Å². The fourth-order valence-corrected chi connectivity index (χ4v) is 5.23. The average Bonchev–Trinajstić information content (AvgIpc) is 3.04. The molecule has 0 fully saturated rings. The number of hydrogen-bond donors (Lipinski definition) is 4. The molecule has 4 amide bonds. The second-order valence-electron chi connectivity index (χ2n) is 9.68. The number of anilines is 2. The predicted molar refractivity (Wildman–Crippen MR) is 175 cm³/mol.